The standard InChI is InChI=1S/C21H25N3O3/c1-23-10-12-24(13-11-23)14-16-6-8-17(9-7-16)22-21(25)20-15-26-18-4-2-3-5-19(18)27-20/h2-9,20H,10-15H2,1H3,(H,22,25). The van der Waals surface area contributed by atoms with Crippen LogP contribution in [0, 0.1) is 0 Å². The van der Waals surface area contributed by atoms with Crippen LogP contribution in [0.5, 0.6) is 11.5 Å². The zero-order valence-corrected chi connectivity index (χ0v) is 15.6. The van der Waals surface area contributed by atoms with Gasteiger partial charge >= 0.3 is 0 Å². The summed E-state index contributed by atoms with van der Waals surface area (Å²) in [6.45, 7) is 5.56. The summed E-state index contributed by atoms with van der Waals surface area (Å²) < 4.78 is 11.4. The fourth-order valence-corrected chi connectivity index (χ4v) is 3.33. The molecule has 6 nitrogen and oxygen atoms in total. The Morgan fingerprint density at radius 2 is 1.74 bits per heavy atom. The molecular weight excluding hydrogens is 342 g/mol. The summed E-state index contributed by atoms with van der Waals surface area (Å²) in [6.07, 6.45) is -0.648. The Labute approximate surface area is 159 Å². The highest BCUT2D eigenvalue weighted by Crippen LogP contribution is 2.31. The van der Waals surface area contributed by atoms with Crippen LogP contribution >= 0.6 is 0 Å². The lowest BCUT2D eigenvalue weighted by Gasteiger charge is -2.32. The second-order valence-electron chi connectivity index (χ2n) is 7.13. The van der Waals surface area contributed by atoms with Gasteiger partial charge in [0.25, 0.3) is 5.91 Å². The molecule has 1 saturated heterocycles. The number of rotatable bonds is 4. The average molecular weight is 367 g/mol. The molecule has 0 radical (unpaired) electrons. The molecule has 2 aromatic carbocycles. The molecule has 2 aromatic rings. The van der Waals surface area contributed by atoms with E-state index in [1.54, 1.807) is 0 Å². The van der Waals surface area contributed by atoms with Crippen molar-refractivity contribution in [2.75, 3.05) is 45.2 Å². The minimum Gasteiger partial charge on any atom is -0.485 e. The van der Waals surface area contributed by atoms with E-state index >= 15 is 0 Å². The van der Waals surface area contributed by atoms with Gasteiger partial charge in [0.1, 0.15) is 6.61 Å². The fourth-order valence-electron chi connectivity index (χ4n) is 3.33. The lowest BCUT2D eigenvalue weighted by Crippen LogP contribution is -2.43. The van der Waals surface area contributed by atoms with Crippen LogP contribution in [0.4, 0.5) is 5.69 Å². The lowest BCUT2D eigenvalue weighted by molar-refractivity contribution is -0.125. The highest BCUT2D eigenvalue weighted by Gasteiger charge is 2.27. The van der Waals surface area contributed by atoms with E-state index in [1.165, 1.54) is 5.56 Å². The van der Waals surface area contributed by atoms with Crippen molar-refractivity contribution in [3.05, 3.63) is 54.1 Å². The van der Waals surface area contributed by atoms with E-state index in [9.17, 15) is 4.79 Å². The minimum atomic E-state index is -0.648. The van der Waals surface area contributed by atoms with E-state index in [1.807, 2.05) is 36.4 Å². The Hall–Kier alpha value is -2.57. The summed E-state index contributed by atoms with van der Waals surface area (Å²) in [7, 11) is 2.16. The van der Waals surface area contributed by atoms with E-state index < -0.39 is 6.10 Å². The molecule has 0 spiro atoms. The monoisotopic (exact) mass is 367 g/mol. The van der Waals surface area contributed by atoms with Crippen molar-refractivity contribution in [1.82, 2.24) is 9.80 Å². The highest BCUT2D eigenvalue weighted by molar-refractivity contribution is 5.94. The molecule has 4 rings (SSSR count). The quantitative estimate of drug-likeness (QED) is 0.898. The maximum absolute atomic E-state index is 12.5. The van der Waals surface area contributed by atoms with Gasteiger partial charge in [-0.05, 0) is 36.9 Å². The minimum absolute atomic E-state index is 0.198. The van der Waals surface area contributed by atoms with Gasteiger partial charge < -0.3 is 19.7 Å². The topological polar surface area (TPSA) is 54.0 Å². The van der Waals surface area contributed by atoms with Crippen molar-refractivity contribution in [2.45, 2.75) is 12.6 Å². The van der Waals surface area contributed by atoms with Crippen molar-refractivity contribution < 1.29 is 14.3 Å². The van der Waals surface area contributed by atoms with Crippen molar-refractivity contribution in [2.24, 2.45) is 0 Å². The number of ether oxygens (including phenoxy) is 2. The predicted molar refractivity (Wildman–Crippen MR) is 104 cm³/mol. The molecular formula is C21H25N3O3. The van der Waals surface area contributed by atoms with Gasteiger partial charge in [0.2, 0.25) is 6.10 Å². The second kappa shape index (κ2) is 7.98. The average Bonchev–Trinajstić information content (AvgIpc) is 2.71. The Bertz CT molecular complexity index is 786. The van der Waals surface area contributed by atoms with E-state index in [0.717, 1.165) is 38.4 Å². The third-order valence-electron chi connectivity index (χ3n) is 5.02. The van der Waals surface area contributed by atoms with Gasteiger partial charge in [0.05, 0.1) is 0 Å². The number of likely N-dealkylation sites (N-methyl/N-ethyl adjacent to an activating group) is 1. The first kappa shape index (κ1) is 17.8. The summed E-state index contributed by atoms with van der Waals surface area (Å²) in [5.41, 5.74) is 2.02. The van der Waals surface area contributed by atoms with Gasteiger partial charge in [-0.15, -0.1) is 0 Å². The number of anilines is 1. The van der Waals surface area contributed by atoms with Gasteiger partial charge in [-0.2, -0.15) is 0 Å². The molecule has 6 heteroatoms. The van der Waals surface area contributed by atoms with Crippen LogP contribution in [0.2, 0.25) is 0 Å². The number of benzene rings is 2. The number of fused-ring (bicyclic) bond motifs is 1. The number of carbonyl (C=O) groups is 1. The third-order valence-corrected chi connectivity index (χ3v) is 5.02. The van der Waals surface area contributed by atoms with Crippen LogP contribution < -0.4 is 14.8 Å². The molecule has 1 atom stereocenters. The number of hydrogen-bond donors (Lipinski definition) is 1. The summed E-state index contributed by atoms with van der Waals surface area (Å²) in [6, 6.07) is 15.4. The number of nitrogens with one attached hydrogen (secondary N) is 1. The number of piperazine rings is 1. The van der Waals surface area contributed by atoms with Gasteiger partial charge in [0.15, 0.2) is 11.5 Å². The Morgan fingerprint density at radius 3 is 2.48 bits per heavy atom. The summed E-state index contributed by atoms with van der Waals surface area (Å²) in [5.74, 6) is 1.08. The molecule has 0 saturated carbocycles. The van der Waals surface area contributed by atoms with Crippen molar-refractivity contribution in [3.63, 3.8) is 0 Å². The highest BCUT2D eigenvalue weighted by atomic mass is 16.6. The Balaban J connectivity index is 1.31. The van der Waals surface area contributed by atoms with Crippen LogP contribution in [-0.2, 0) is 11.3 Å². The van der Waals surface area contributed by atoms with Gasteiger partial charge in [-0.1, -0.05) is 24.3 Å². The summed E-state index contributed by atoms with van der Waals surface area (Å²) in [4.78, 5) is 17.3. The zero-order chi connectivity index (χ0) is 18.6. The van der Waals surface area contributed by atoms with Crippen molar-refractivity contribution in [1.29, 1.82) is 0 Å². The van der Waals surface area contributed by atoms with Crippen molar-refractivity contribution >= 4 is 11.6 Å². The molecule has 1 unspecified atom stereocenters. The molecule has 1 N–H and O–H groups in total. The third kappa shape index (κ3) is 4.40. The largest absolute Gasteiger partial charge is 0.485 e. The van der Waals surface area contributed by atoms with Crippen LogP contribution in [-0.4, -0.2) is 61.6 Å². The fraction of sp³-hybridized carbons (Fsp3) is 0.381. The predicted octanol–water partition coefficient (Wildman–Crippen LogP) is 2.21. The van der Waals surface area contributed by atoms with E-state index in [0.29, 0.717) is 11.5 Å². The van der Waals surface area contributed by atoms with Gasteiger partial charge in [-0.25, -0.2) is 0 Å². The number of para-hydroxylation sites is 2. The van der Waals surface area contributed by atoms with Crippen LogP contribution in [0.1, 0.15) is 5.56 Å². The molecule has 2 aliphatic rings. The summed E-state index contributed by atoms with van der Waals surface area (Å²) in [5, 5.41) is 2.91. The second-order valence-corrected chi connectivity index (χ2v) is 7.13. The first-order chi connectivity index (χ1) is 13.2. The van der Waals surface area contributed by atoms with E-state index in [4.69, 9.17) is 9.47 Å². The normalized spacial score (nSPS) is 20.3. The van der Waals surface area contributed by atoms with Gasteiger partial charge in [-0.3, -0.25) is 9.69 Å². The maximum atomic E-state index is 12.5. The molecule has 142 valence electrons. The molecule has 27 heavy (non-hydrogen) atoms. The molecule has 2 aliphatic heterocycles. The van der Waals surface area contributed by atoms with E-state index in [2.05, 4.69) is 34.3 Å². The van der Waals surface area contributed by atoms with Crippen LogP contribution in [0.25, 0.3) is 0 Å². The number of carbonyl (C=O) groups excluding carboxylic acids is 1. The lowest BCUT2D eigenvalue weighted by atomic mass is 10.1. The number of amides is 1. The summed E-state index contributed by atoms with van der Waals surface area (Å²) >= 11 is 0. The molecule has 2 heterocycles. The molecule has 1 fully saturated rings. The van der Waals surface area contributed by atoms with Crippen LogP contribution in [0.15, 0.2) is 48.5 Å². The van der Waals surface area contributed by atoms with Crippen molar-refractivity contribution in [3.8, 4) is 11.5 Å². The molecule has 0 aromatic heterocycles. The first-order valence-electron chi connectivity index (χ1n) is 9.36. The first-order valence-corrected chi connectivity index (χ1v) is 9.36. The maximum Gasteiger partial charge on any atom is 0.269 e. The molecule has 1 amide bonds. The molecule has 0 bridgehead atoms. The Morgan fingerprint density at radius 1 is 1.04 bits per heavy atom. The molecule has 0 aliphatic carbocycles. The van der Waals surface area contributed by atoms with Gasteiger partial charge in [0, 0.05) is 38.4 Å². The van der Waals surface area contributed by atoms with E-state index in [-0.39, 0.29) is 12.5 Å². The SMILES string of the molecule is CN1CCN(Cc2ccc(NC(=O)C3COc4ccccc4O3)cc2)CC1. The number of hydrogen-bond acceptors (Lipinski definition) is 5. The zero-order valence-electron chi connectivity index (χ0n) is 15.6. The van der Waals surface area contributed by atoms with Crippen LogP contribution in [0.3, 0.4) is 0 Å². The smallest absolute Gasteiger partial charge is 0.269 e. The Kier molecular flexibility index (Phi) is 5.27. The number of nitrogens with zero attached hydrogens (tertiary/aromatic N) is 2.